The van der Waals surface area contributed by atoms with Crippen LogP contribution < -0.4 is 11.1 Å². The van der Waals surface area contributed by atoms with Crippen LogP contribution >= 0.6 is 12.4 Å². The molecule has 1 heterocycles. The van der Waals surface area contributed by atoms with Crippen molar-refractivity contribution in [1.82, 2.24) is 10.2 Å². The summed E-state index contributed by atoms with van der Waals surface area (Å²) in [6, 6.07) is 0.144. The highest BCUT2D eigenvalue weighted by Gasteiger charge is 2.28. The second-order valence-corrected chi connectivity index (χ2v) is 5.80. The van der Waals surface area contributed by atoms with Crippen molar-refractivity contribution in [3.8, 4) is 0 Å². The number of rotatable bonds is 4. The molecule has 3 N–H and O–H groups in total. The van der Waals surface area contributed by atoms with Gasteiger partial charge in [-0.15, -0.1) is 12.4 Å². The van der Waals surface area contributed by atoms with Crippen LogP contribution in [-0.4, -0.2) is 41.5 Å². The summed E-state index contributed by atoms with van der Waals surface area (Å²) in [6.07, 6.45) is 3.10. The topological polar surface area (TPSA) is 58.4 Å². The normalized spacial score (nSPS) is 23.1. The number of piperidine rings is 1. The summed E-state index contributed by atoms with van der Waals surface area (Å²) in [5.74, 6) is 0.117. The lowest BCUT2D eigenvalue weighted by atomic mass is 10.0. The number of amides is 1. The van der Waals surface area contributed by atoms with Gasteiger partial charge in [-0.2, -0.15) is 0 Å². The molecular formula is C13H28ClN3O. The molecule has 0 aliphatic carbocycles. The first-order chi connectivity index (χ1) is 7.85. The first-order valence-corrected chi connectivity index (χ1v) is 6.67. The third kappa shape index (κ3) is 5.12. The van der Waals surface area contributed by atoms with E-state index in [1.54, 1.807) is 0 Å². The highest BCUT2D eigenvalue weighted by molar-refractivity contribution is 5.85. The van der Waals surface area contributed by atoms with Crippen LogP contribution in [0.5, 0.6) is 0 Å². The van der Waals surface area contributed by atoms with Gasteiger partial charge in [0.1, 0.15) is 0 Å². The standard InChI is InChI=1S/C13H27N3O.ClH/c1-5-13(3,4)15-12(17)10(2)16-8-6-7-11(14)9-16;/h10-11H,5-9,14H2,1-4H3,(H,15,17);1H. The van der Waals surface area contributed by atoms with Crippen molar-refractivity contribution in [2.45, 2.75) is 64.6 Å². The van der Waals surface area contributed by atoms with E-state index in [4.69, 9.17) is 5.73 Å². The largest absolute Gasteiger partial charge is 0.350 e. The number of hydrogen-bond donors (Lipinski definition) is 2. The fourth-order valence-electron chi connectivity index (χ4n) is 2.08. The Hall–Kier alpha value is -0.320. The van der Waals surface area contributed by atoms with E-state index in [-0.39, 0.29) is 35.9 Å². The molecular weight excluding hydrogens is 250 g/mol. The third-order valence-corrected chi connectivity index (χ3v) is 3.76. The van der Waals surface area contributed by atoms with Crippen LogP contribution in [0, 0.1) is 0 Å². The zero-order valence-corrected chi connectivity index (χ0v) is 12.8. The monoisotopic (exact) mass is 277 g/mol. The molecule has 0 aromatic carbocycles. The van der Waals surface area contributed by atoms with Gasteiger partial charge in [0.15, 0.2) is 0 Å². The maximum atomic E-state index is 12.1. The molecule has 2 unspecified atom stereocenters. The molecule has 1 aliphatic rings. The molecule has 18 heavy (non-hydrogen) atoms. The van der Waals surface area contributed by atoms with E-state index in [0.717, 1.165) is 32.4 Å². The fraction of sp³-hybridized carbons (Fsp3) is 0.923. The van der Waals surface area contributed by atoms with E-state index in [9.17, 15) is 4.79 Å². The Morgan fingerprint density at radius 3 is 2.67 bits per heavy atom. The van der Waals surface area contributed by atoms with Crippen LogP contribution in [0.15, 0.2) is 0 Å². The molecule has 2 atom stereocenters. The first kappa shape index (κ1) is 17.7. The van der Waals surface area contributed by atoms with E-state index in [1.165, 1.54) is 0 Å². The Kier molecular flexibility index (Phi) is 7.18. The smallest absolute Gasteiger partial charge is 0.237 e. The van der Waals surface area contributed by atoms with Crippen molar-refractivity contribution in [2.24, 2.45) is 5.73 Å². The van der Waals surface area contributed by atoms with Crippen LogP contribution in [0.25, 0.3) is 0 Å². The van der Waals surface area contributed by atoms with E-state index in [0.29, 0.717) is 0 Å². The molecule has 1 rings (SSSR count). The van der Waals surface area contributed by atoms with E-state index in [1.807, 2.05) is 6.92 Å². The zero-order valence-electron chi connectivity index (χ0n) is 12.0. The van der Waals surface area contributed by atoms with Gasteiger partial charge in [0, 0.05) is 18.1 Å². The van der Waals surface area contributed by atoms with Gasteiger partial charge in [0.05, 0.1) is 6.04 Å². The van der Waals surface area contributed by atoms with Crippen LogP contribution in [0.4, 0.5) is 0 Å². The third-order valence-electron chi connectivity index (χ3n) is 3.76. The van der Waals surface area contributed by atoms with E-state index >= 15 is 0 Å². The van der Waals surface area contributed by atoms with Crippen molar-refractivity contribution in [3.63, 3.8) is 0 Å². The summed E-state index contributed by atoms with van der Waals surface area (Å²) in [5.41, 5.74) is 5.82. The molecule has 0 aromatic heterocycles. The summed E-state index contributed by atoms with van der Waals surface area (Å²) in [6.45, 7) is 9.98. The SMILES string of the molecule is CCC(C)(C)NC(=O)C(C)N1CCCC(N)C1.Cl. The molecule has 108 valence electrons. The number of nitrogens with zero attached hydrogens (tertiary/aromatic N) is 1. The van der Waals surface area contributed by atoms with Gasteiger partial charge in [-0.3, -0.25) is 9.69 Å². The maximum Gasteiger partial charge on any atom is 0.237 e. The number of likely N-dealkylation sites (tertiary alicyclic amines) is 1. The molecule has 0 radical (unpaired) electrons. The summed E-state index contributed by atoms with van der Waals surface area (Å²) >= 11 is 0. The van der Waals surface area contributed by atoms with Gasteiger partial charge in [-0.1, -0.05) is 6.92 Å². The van der Waals surface area contributed by atoms with Crippen molar-refractivity contribution >= 4 is 18.3 Å². The van der Waals surface area contributed by atoms with Crippen LogP contribution in [0.2, 0.25) is 0 Å². The number of carbonyl (C=O) groups excluding carboxylic acids is 1. The van der Waals surface area contributed by atoms with Gasteiger partial charge in [-0.05, 0) is 46.6 Å². The van der Waals surface area contributed by atoms with Gasteiger partial charge in [0.25, 0.3) is 0 Å². The lowest BCUT2D eigenvalue weighted by Gasteiger charge is -2.36. The highest BCUT2D eigenvalue weighted by atomic mass is 35.5. The van der Waals surface area contributed by atoms with Crippen molar-refractivity contribution in [1.29, 1.82) is 0 Å². The number of hydrogen-bond acceptors (Lipinski definition) is 3. The Balaban J connectivity index is 0.00000289. The molecule has 4 nitrogen and oxygen atoms in total. The van der Waals surface area contributed by atoms with Crippen molar-refractivity contribution < 1.29 is 4.79 Å². The predicted octanol–water partition coefficient (Wildman–Crippen LogP) is 1.52. The Bertz CT molecular complexity index is 271. The van der Waals surface area contributed by atoms with Crippen LogP contribution in [0.1, 0.15) is 47.0 Å². The number of carbonyl (C=O) groups is 1. The van der Waals surface area contributed by atoms with Crippen LogP contribution in [0.3, 0.4) is 0 Å². The zero-order chi connectivity index (χ0) is 13.1. The predicted molar refractivity (Wildman–Crippen MR) is 78.0 cm³/mol. The van der Waals surface area contributed by atoms with Gasteiger partial charge in [-0.25, -0.2) is 0 Å². The average molecular weight is 278 g/mol. The lowest BCUT2D eigenvalue weighted by molar-refractivity contribution is -0.128. The van der Waals surface area contributed by atoms with Crippen molar-refractivity contribution in [3.05, 3.63) is 0 Å². The Labute approximate surface area is 117 Å². The number of nitrogens with one attached hydrogen (secondary N) is 1. The molecule has 1 saturated heterocycles. The molecule has 1 fully saturated rings. The molecule has 0 saturated carbocycles. The second-order valence-electron chi connectivity index (χ2n) is 5.80. The summed E-state index contributed by atoms with van der Waals surface area (Å²) in [5, 5.41) is 3.10. The lowest BCUT2D eigenvalue weighted by Crippen LogP contribution is -2.55. The Morgan fingerprint density at radius 2 is 2.17 bits per heavy atom. The van der Waals surface area contributed by atoms with Crippen molar-refractivity contribution in [2.75, 3.05) is 13.1 Å². The quantitative estimate of drug-likeness (QED) is 0.819. The van der Waals surface area contributed by atoms with Crippen LogP contribution in [-0.2, 0) is 4.79 Å². The second kappa shape index (κ2) is 7.31. The molecule has 0 bridgehead atoms. The molecule has 5 heteroatoms. The number of halogens is 1. The highest BCUT2D eigenvalue weighted by Crippen LogP contribution is 2.13. The molecule has 1 amide bonds. The summed E-state index contributed by atoms with van der Waals surface area (Å²) < 4.78 is 0. The summed E-state index contributed by atoms with van der Waals surface area (Å²) in [4.78, 5) is 14.3. The van der Waals surface area contributed by atoms with E-state index < -0.39 is 0 Å². The van der Waals surface area contributed by atoms with Gasteiger partial charge >= 0.3 is 0 Å². The van der Waals surface area contributed by atoms with E-state index in [2.05, 4.69) is 31.0 Å². The fourth-order valence-corrected chi connectivity index (χ4v) is 2.08. The number of nitrogens with two attached hydrogens (primary N) is 1. The molecule has 0 spiro atoms. The minimum Gasteiger partial charge on any atom is -0.350 e. The van der Waals surface area contributed by atoms with Gasteiger partial charge in [0.2, 0.25) is 5.91 Å². The molecule has 0 aromatic rings. The minimum atomic E-state index is -0.122. The minimum absolute atomic E-state index is 0. The first-order valence-electron chi connectivity index (χ1n) is 6.67. The molecule has 1 aliphatic heterocycles. The van der Waals surface area contributed by atoms with Gasteiger partial charge < -0.3 is 11.1 Å². The average Bonchev–Trinajstić information content (AvgIpc) is 2.27. The Morgan fingerprint density at radius 1 is 1.56 bits per heavy atom. The summed E-state index contributed by atoms with van der Waals surface area (Å²) in [7, 11) is 0. The maximum absolute atomic E-state index is 12.1.